The van der Waals surface area contributed by atoms with Gasteiger partial charge in [0.1, 0.15) is 11.4 Å². The van der Waals surface area contributed by atoms with Crippen molar-refractivity contribution in [1.29, 1.82) is 0 Å². The standard InChI is InChI=1S/C12H19F2NO3/c1-8(16)9-7-15(6-5-12(9,13)14)10(17)18-11(2,3)4/h9H,5-7H2,1-4H3. The van der Waals surface area contributed by atoms with Gasteiger partial charge in [-0.3, -0.25) is 4.79 Å². The van der Waals surface area contributed by atoms with E-state index in [2.05, 4.69) is 0 Å². The highest BCUT2D eigenvalue weighted by atomic mass is 19.3. The van der Waals surface area contributed by atoms with Crippen molar-refractivity contribution in [3.05, 3.63) is 0 Å². The maximum Gasteiger partial charge on any atom is 0.410 e. The van der Waals surface area contributed by atoms with E-state index in [1.165, 1.54) is 4.90 Å². The van der Waals surface area contributed by atoms with Crippen molar-refractivity contribution in [2.24, 2.45) is 5.92 Å². The molecule has 1 fully saturated rings. The summed E-state index contributed by atoms with van der Waals surface area (Å²) in [5.74, 6) is -5.07. The van der Waals surface area contributed by atoms with Crippen molar-refractivity contribution in [2.45, 2.75) is 45.6 Å². The first kappa shape index (κ1) is 14.9. The topological polar surface area (TPSA) is 46.6 Å². The van der Waals surface area contributed by atoms with Gasteiger partial charge in [0, 0.05) is 19.5 Å². The second kappa shape index (κ2) is 4.82. The maximum absolute atomic E-state index is 13.5. The smallest absolute Gasteiger partial charge is 0.410 e. The number of amides is 1. The van der Waals surface area contributed by atoms with E-state index in [9.17, 15) is 18.4 Å². The molecule has 1 heterocycles. The van der Waals surface area contributed by atoms with Crippen LogP contribution in [0.1, 0.15) is 34.1 Å². The summed E-state index contributed by atoms with van der Waals surface area (Å²) >= 11 is 0. The Morgan fingerprint density at radius 2 is 1.89 bits per heavy atom. The molecule has 1 unspecified atom stereocenters. The fourth-order valence-corrected chi connectivity index (χ4v) is 1.82. The molecule has 1 atom stereocenters. The lowest BCUT2D eigenvalue weighted by atomic mass is 9.90. The molecule has 18 heavy (non-hydrogen) atoms. The van der Waals surface area contributed by atoms with Crippen LogP contribution in [0.5, 0.6) is 0 Å². The molecule has 104 valence electrons. The Kier molecular flexibility index (Phi) is 3.98. The van der Waals surface area contributed by atoms with Crippen molar-refractivity contribution in [3.8, 4) is 0 Å². The fraction of sp³-hybridized carbons (Fsp3) is 0.833. The van der Waals surface area contributed by atoms with E-state index in [4.69, 9.17) is 4.74 Å². The molecule has 0 aromatic rings. The van der Waals surface area contributed by atoms with Crippen molar-refractivity contribution in [1.82, 2.24) is 4.90 Å². The van der Waals surface area contributed by atoms with Crippen LogP contribution in [0.3, 0.4) is 0 Å². The molecular weight excluding hydrogens is 244 g/mol. The summed E-state index contributed by atoms with van der Waals surface area (Å²) in [5, 5.41) is 0. The fourth-order valence-electron chi connectivity index (χ4n) is 1.82. The minimum absolute atomic E-state index is 0.0916. The molecule has 0 saturated carbocycles. The van der Waals surface area contributed by atoms with Crippen molar-refractivity contribution < 1.29 is 23.1 Å². The van der Waals surface area contributed by atoms with Gasteiger partial charge in [0.2, 0.25) is 0 Å². The maximum atomic E-state index is 13.5. The number of ketones is 1. The Labute approximate surface area is 105 Å². The minimum Gasteiger partial charge on any atom is -0.444 e. The zero-order chi connectivity index (χ0) is 14.1. The van der Waals surface area contributed by atoms with Crippen LogP contribution < -0.4 is 0 Å². The number of rotatable bonds is 1. The summed E-state index contributed by atoms with van der Waals surface area (Å²) in [7, 11) is 0. The number of hydrogen-bond donors (Lipinski definition) is 0. The van der Waals surface area contributed by atoms with Gasteiger partial charge in [-0.2, -0.15) is 0 Å². The molecule has 0 aromatic carbocycles. The second-order valence-electron chi connectivity index (χ2n) is 5.60. The predicted molar refractivity (Wildman–Crippen MR) is 61.5 cm³/mol. The molecule has 1 amide bonds. The number of alkyl halides is 2. The second-order valence-corrected chi connectivity index (χ2v) is 5.60. The lowest BCUT2D eigenvalue weighted by Crippen LogP contribution is -2.52. The molecule has 6 heteroatoms. The Hall–Kier alpha value is -1.20. The number of carbonyl (C=O) groups is 2. The molecule has 1 aliphatic heterocycles. The highest BCUT2D eigenvalue weighted by molar-refractivity contribution is 5.80. The van der Waals surface area contributed by atoms with E-state index in [1.54, 1.807) is 20.8 Å². The van der Waals surface area contributed by atoms with Crippen LogP contribution in [0, 0.1) is 5.92 Å². The van der Waals surface area contributed by atoms with Crippen LogP contribution in [0.4, 0.5) is 13.6 Å². The van der Waals surface area contributed by atoms with E-state index < -0.39 is 35.7 Å². The van der Waals surface area contributed by atoms with Crippen molar-refractivity contribution in [2.75, 3.05) is 13.1 Å². The Bertz CT molecular complexity index is 350. The Balaban J connectivity index is 2.72. The molecule has 0 radical (unpaired) electrons. The normalized spacial score (nSPS) is 23.7. The zero-order valence-corrected chi connectivity index (χ0v) is 11.1. The summed E-state index contributed by atoms with van der Waals surface area (Å²) in [6, 6.07) is 0. The number of hydrogen-bond acceptors (Lipinski definition) is 3. The number of likely N-dealkylation sites (tertiary alicyclic amines) is 1. The molecule has 1 aliphatic rings. The van der Waals surface area contributed by atoms with Gasteiger partial charge in [-0.05, 0) is 27.7 Å². The summed E-state index contributed by atoms with van der Waals surface area (Å²) in [6.07, 6.45) is -1.15. The Morgan fingerprint density at radius 1 is 1.33 bits per heavy atom. The third kappa shape index (κ3) is 3.65. The average molecular weight is 263 g/mol. The van der Waals surface area contributed by atoms with E-state index in [-0.39, 0.29) is 13.1 Å². The lowest BCUT2D eigenvalue weighted by molar-refractivity contribution is -0.145. The van der Waals surface area contributed by atoms with Crippen LogP contribution in [-0.4, -0.2) is 41.4 Å². The molecule has 0 aliphatic carbocycles. The molecular formula is C12H19F2NO3. The van der Waals surface area contributed by atoms with Crippen molar-refractivity contribution in [3.63, 3.8) is 0 Å². The molecule has 4 nitrogen and oxygen atoms in total. The average Bonchev–Trinajstić information content (AvgIpc) is 2.13. The summed E-state index contributed by atoms with van der Waals surface area (Å²) < 4.78 is 32.1. The van der Waals surface area contributed by atoms with E-state index in [0.717, 1.165) is 6.92 Å². The van der Waals surface area contributed by atoms with Gasteiger partial charge in [0.15, 0.2) is 0 Å². The van der Waals surface area contributed by atoms with E-state index in [1.807, 2.05) is 0 Å². The summed E-state index contributed by atoms with van der Waals surface area (Å²) in [5.41, 5.74) is -0.678. The Morgan fingerprint density at radius 3 is 2.33 bits per heavy atom. The number of Topliss-reactive ketones (excluding diaryl/α,β-unsaturated/α-hetero) is 1. The van der Waals surface area contributed by atoms with Crippen LogP contribution in [0.25, 0.3) is 0 Å². The van der Waals surface area contributed by atoms with Crippen LogP contribution in [-0.2, 0) is 9.53 Å². The molecule has 0 N–H and O–H groups in total. The SMILES string of the molecule is CC(=O)C1CN(C(=O)OC(C)(C)C)CCC1(F)F. The van der Waals surface area contributed by atoms with Crippen LogP contribution in [0.15, 0.2) is 0 Å². The molecule has 0 aromatic heterocycles. The lowest BCUT2D eigenvalue weighted by Gasteiger charge is -2.37. The zero-order valence-electron chi connectivity index (χ0n) is 11.1. The van der Waals surface area contributed by atoms with Gasteiger partial charge in [-0.1, -0.05) is 0 Å². The first-order valence-electron chi connectivity index (χ1n) is 5.89. The highest BCUT2D eigenvalue weighted by Crippen LogP contribution is 2.34. The molecule has 1 saturated heterocycles. The third-order valence-corrected chi connectivity index (χ3v) is 2.77. The first-order chi connectivity index (χ1) is 8.03. The summed E-state index contributed by atoms with van der Waals surface area (Å²) in [4.78, 5) is 24.1. The highest BCUT2D eigenvalue weighted by Gasteiger charge is 2.48. The van der Waals surface area contributed by atoms with Gasteiger partial charge in [-0.25, -0.2) is 13.6 Å². The summed E-state index contributed by atoms with van der Waals surface area (Å²) in [6.45, 7) is 5.85. The minimum atomic E-state index is -3.04. The predicted octanol–water partition coefficient (Wildman–Crippen LogP) is 2.47. The first-order valence-corrected chi connectivity index (χ1v) is 5.89. The largest absolute Gasteiger partial charge is 0.444 e. The van der Waals surface area contributed by atoms with Crippen LogP contribution >= 0.6 is 0 Å². The third-order valence-electron chi connectivity index (χ3n) is 2.77. The van der Waals surface area contributed by atoms with Gasteiger partial charge >= 0.3 is 6.09 Å². The van der Waals surface area contributed by atoms with E-state index in [0.29, 0.717) is 0 Å². The van der Waals surface area contributed by atoms with Crippen LogP contribution in [0.2, 0.25) is 0 Å². The number of nitrogens with zero attached hydrogens (tertiary/aromatic N) is 1. The van der Waals surface area contributed by atoms with Gasteiger partial charge in [0.05, 0.1) is 5.92 Å². The quantitative estimate of drug-likeness (QED) is 0.730. The van der Waals surface area contributed by atoms with Crippen molar-refractivity contribution >= 4 is 11.9 Å². The van der Waals surface area contributed by atoms with E-state index >= 15 is 0 Å². The van der Waals surface area contributed by atoms with Gasteiger partial charge < -0.3 is 9.64 Å². The molecule has 0 spiro atoms. The number of halogens is 2. The number of carbonyl (C=O) groups excluding carboxylic acids is 2. The van der Waals surface area contributed by atoms with Gasteiger partial charge in [-0.15, -0.1) is 0 Å². The molecule has 1 rings (SSSR count). The number of piperidine rings is 1. The number of ether oxygens (including phenoxy) is 1. The molecule has 0 bridgehead atoms. The monoisotopic (exact) mass is 263 g/mol. The van der Waals surface area contributed by atoms with Gasteiger partial charge in [0.25, 0.3) is 5.92 Å².